The molecule has 1 aliphatic rings. The number of amides is 3. The lowest BCUT2D eigenvalue weighted by molar-refractivity contribution is -0.148. The number of urea groups is 1. The first-order valence-electron chi connectivity index (χ1n) is 6.53. The molecule has 2 aromatic rings. The lowest BCUT2D eigenvalue weighted by atomic mass is 10.2. The number of pyridine rings is 1. The predicted octanol–water partition coefficient (Wildman–Crippen LogP) is 2.23. The SMILES string of the molecule is O=C1CCN(c2ccccc2)C(=O)N1Oc1cccnc1. The normalized spacial score (nSPS) is 15.2. The molecule has 6 nitrogen and oxygen atoms in total. The minimum atomic E-state index is -0.499. The third kappa shape index (κ3) is 2.69. The minimum absolute atomic E-state index is 0.209. The minimum Gasteiger partial charge on any atom is -0.366 e. The number of anilines is 1. The van der Waals surface area contributed by atoms with Crippen molar-refractivity contribution < 1.29 is 14.4 Å². The number of hydrogen-bond donors (Lipinski definition) is 0. The fourth-order valence-electron chi connectivity index (χ4n) is 2.06. The highest BCUT2D eigenvalue weighted by Gasteiger charge is 2.35. The summed E-state index contributed by atoms with van der Waals surface area (Å²) in [5.41, 5.74) is 0.731. The Morgan fingerprint density at radius 3 is 2.57 bits per heavy atom. The van der Waals surface area contributed by atoms with Gasteiger partial charge in [0.1, 0.15) is 0 Å². The molecule has 3 rings (SSSR count). The Morgan fingerprint density at radius 2 is 1.86 bits per heavy atom. The molecule has 0 bridgehead atoms. The van der Waals surface area contributed by atoms with Gasteiger partial charge in [0.05, 0.1) is 6.20 Å². The van der Waals surface area contributed by atoms with Crippen molar-refractivity contribution in [3.8, 4) is 5.75 Å². The maximum atomic E-state index is 12.4. The summed E-state index contributed by atoms with van der Waals surface area (Å²) in [4.78, 5) is 35.1. The number of para-hydroxylation sites is 1. The van der Waals surface area contributed by atoms with E-state index in [0.29, 0.717) is 12.3 Å². The second-order valence-electron chi connectivity index (χ2n) is 4.49. The third-order valence-electron chi connectivity index (χ3n) is 3.08. The lowest BCUT2D eigenvalue weighted by Gasteiger charge is -2.32. The van der Waals surface area contributed by atoms with Crippen LogP contribution in [0, 0.1) is 0 Å². The first-order valence-corrected chi connectivity index (χ1v) is 6.53. The molecule has 0 radical (unpaired) electrons. The summed E-state index contributed by atoms with van der Waals surface area (Å²) in [6.45, 7) is 0.342. The van der Waals surface area contributed by atoms with Gasteiger partial charge in [-0.2, -0.15) is 0 Å². The quantitative estimate of drug-likeness (QED) is 0.866. The van der Waals surface area contributed by atoms with E-state index in [-0.39, 0.29) is 12.3 Å². The summed E-state index contributed by atoms with van der Waals surface area (Å²) in [7, 11) is 0. The van der Waals surface area contributed by atoms with Crippen LogP contribution in [0.4, 0.5) is 10.5 Å². The molecule has 0 N–H and O–H groups in total. The molecule has 1 aromatic heterocycles. The molecule has 0 atom stereocenters. The molecule has 0 spiro atoms. The standard InChI is InChI=1S/C15H13N3O3/c19-14-8-10-17(12-5-2-1-3-6-12)15(20)18(14)21-13-7-4-9-16-11-13/h1-7,9,11H,8,10H2. The maximum absolute atomic E-state index is 12.4. The van der Waals surface area contributed by atoms with Crippen molar-refractivity contribution in [2.75, 3.05) is 11.4 Å². The molecule has 106 valence electrons. The number of nitrogens with zero attached hydrogens (tertiary/aromatic N) is 3. The van der Waals surface area contributed by atoms with E-state index < -0.39 is 6.03 Å². The monoisotopic (exact) mass is 283 g/mol. The molecule has 3 amide bonds. The van der Waals surface area contributed by atoms with Crippen molar-refractivity contribution in [1.82, 2.24) is 10.0 Å². The van der Waals surface area contributed by atoms with E-state index in [9.17, 15) is 9.59 Å². The summed E-state index contributed by atoms with van der Waals surface area (Å²) in [6, 6.07) is 12.0. The molecule has 1 fully saturated rings. The van der Waals surface area contributed by atoms with Gasteiger partial charge in [0.15, 0.2) is 5.75 Å². The molecular weight excluding hydrogens is 270 g/mol. The fourth-order valence-corrected chi connectivity index (χ4v) is 2.06. The number of imide groups is 1. The molecule has 1 aliphatic heterocycles. The zero-order chi connectivity index (χ0) is 14.7. The van der Waals surface area contributed by atoms with Crippen LogP contribution in [0.2, 0.25) is 0 Å². The van der Waals surface area contributed by atoms with Gasteiger partial charge in [0.2, 0.25) is 0 Å². The van der Waals surface area contributed by atoms with Crippen molar-refractivity contribution in [2.45, 2.75) is 6.42 Å². The molecule has 0 unspecified atom stereocenters. The molecule has 0 saturated carbocycles. The van der Waals surface area contributed by atoms with Crippen molar-refractivity contribution in [2.24, 2.45) is 0 Å². The van der Waals surface area contributed by atoms with Crippen LogP contribution in [0.1, 0.15) is 6.42 Å². The highest BCUT2D eigenvalue weighted by molar-refractivity contribution is 6.04. The molecular formula is C15H13N3O3. The first-order chi connectivity index (χ1) is 10.3. The van der Waals surface area contributed by atoms with Crippen LogP contribution in [0.15, 0.2) is 54.9 Å². The van der Waals surface area contributed by atoms with Crippen molar-refractivity contribution >= 4 is 17.6 Å². The highest BCUT2D eigenvalue weighted by Crippen LogP contribution is 2.21. The van der Waals surface area contributed by atoms with Gasteiger partial charge in [-0.1, -0.05) is 23.3 Å². The number of hydrogen-bond acceptors (Lipinski definition) is 4. The molecule has 21 heavy (non-hydrogen) atoms. The van der Waals surface area contributed by atoms with Gasteiger partial charge in [0.25, 0.3) is 5.91 Å². The summed E-state index contributed by atoms with van der Waals surface area (Å²) in [5.74, 6) is -0.0230. The van der Waals surface area contributed by atoms with Crippen LogP contribution in [-0.4, -0.2) is 28.5 Å². The number of carbonyl (C=O) groups is 2. The zero-order valence-corrected chi connectivity index (χ0v) is 11.2. The van der Waals surface area contributed by atoms with Gasteiger partial charge in [-0.3, -0.25) is 14.7 Å². The van der Waals surface area contributed by atoms with Gasteiger partial charge < -0.3 is 4.84 Å². The third-order valence-corrected chi connectivity index (χ3v) is 3.08. The number of carbonyl (C=O) groups excluding carboxylic acids is 2. The first kappa shape index (κ1) is 13.1. The van der Waals surface area contributed by atoms with E-state index >= 15 is 0 Å². The van der Waals surface area contributed by atoms with Crippen LogP contribution in [-0.2, 0) is 4.79 Å². The Kier molecular flexibility index (Phi) is 3.51. The van der Waals surface area contributed by atoms with Gasteiger partial charge in [-0.15, -0.1) is 0 Å². The topological polar surface area (TPSA) is 62.7 Å². The Morgan fingerprint density at radius 1 is 1.05 bits per heavy atom. The van der Waals surface area contributed by atoms with E-state index in [1.165, 1.54) is 11.1 Å². The van der Waals surface area contributed by atoms with Crippen LogP contribution in [0.25, 0.3) is 0 Å². The average molecular weight is 283 g/mol. The van der Waals surface area contributed by atoms with E-state index in [1.807, 2.05) is 30.3 Å². The van der Waals surface area contributed by atoms with E-state index in [4.69, 9.17) is 4.84 Å². The van der Waals surface area contributed by atoms with Gasteiger partial charge in [0, 0.05) is 24.8 Å². The molecule has 2 heterocycles. The van der Waals surface area contributed by atoms with Gasteiger partial charge in [-0.25, -0.2) is 4.79 Å². The Hall–Kier alpha value is -2.89. The van der Waals surface area contributed by atoms with Gasteiger partial charge in [-0.05, 0) is 24.3 Å². The second kappa shape index (κ2) is 5.62. The molecule has 0 aliphatic carbocycles. The van der Waals surface area contributed by atoms with Crippen LogP contribution in [0.3, 0.4) is 0 Å². The summed E-state index contributed by atoms with van der Waals surface area (Å²) >= 11 is 0. The molecule has 1 aromatic carbocycles. The van der Waals surface area contributed by atoms with Crippen molar-refractivity contribution in [3.63, 3.8) is 0 Å². The van der Waals surface area contributed by atoms with Crippen molar-refractivity contribution in [1.29, 1.82) is 0 Å². The summed E-state index contributed by atoms with van der Waals surface area (Å²) in [5, 5.41) is 0.785. The zero-order valence-electron chi connectivity index (χ0n) is 11.2. The number of hydroxylamine groups is 2. The lowest BCUT2D eigenvalue weighted by Crippen LogP contribution is -2.53. The van der Waals surface area contributed by atoms with Crippen LogP contribution >= 0.6 is 0 Å². The summed E-state index contributed by atoms with van der Waals surface area (Å²) < 4.78 is 0. The van der Waals surface area contributed by atoms with E-state index in [1.54, 1.807) is 18.3 Å². The average Bonchev–Trinajstić information content (AvgIpc) is 2.53. The molecule has 6 heteroatoms. The van der Waals surface area contributed by atoms with Crippen molar-refractivity contribution in [3.05, 3.63) is 54.9 Å². The highest BCUT2D eigenvalue weighted by atomic mass is 16.7. The second-order valence-corrected chi connectivity index (χ2v) is 4.49. The predicted molar refractivity (Wildman–Crippen MR) is 75.5 cm³/mol. The van der Waals surface area contributed by atoms with E-state index in [0.717, 1.165) is 10.8 Å². The molecule has 1 saturated heterocycles. The summed E-state index contributed by atoms with van der Waals surface area (Å²) in [6.07, 6.45) is 3.24. The number of aromatic nitrogens is 1. The van der Waals surface area contributed by atoms with E-state index in [2.05, 4.69) is 4.98 Å². The number of benzene rings is 1. The maximum Gasteiger partial charge on any atom is 0.365 e. The Balaban J connectivity index is 1.83. The number of rotatable bonds is 3. The Bertz CT molecular complexity index is 646. The fraction of sp³-hybridized carbons (Fsp3) is 0.133. The largest absolute Gasteiger partial charge is 0.366 e. The smallest absolute Gasteiger partial charge is 0.365 e. The van der Waals surface area contributed by atoms with Gasteiger partial charge >= 0.3 is 6.03 Å². The van der Waals surface area contributed by atoms with Crippen LogP contribution < -0.4 is 9.74 Å². The van der Waals surface area contributed by atoms with Crippen LogP contribution in [0.5, 0.6) is 5.75 Å². The Labute approximate surface area is 121 Å².